The zero-order chi connectivity index (χ0) is 14.6. The van der Waals surface area contributed by atoms with Crippen molar-refractivity contribution in [3.63, 3.8) is 0 Å². The molecule has 4 heteroatoms. The number of rotatable bonds is 5. The highest BCUT2D eigenvalue weighted by atomic mass is 19.1. The van der Waals surface area contributed by atoms with Gasteiger partial charge in [0, 0.05) is 5.56 Å². The van der Waals surface area contributed by atoms with Gasteiger partial charge in [0.1, 0.15) is 11.6 Å². The summed E-state index contributed by atoms with van der Waals surface area (Å²) in [4.78, 5) is 11.0. The zero-order valence-electron chi connectivity index (χ0n) is 11.9. The van der Waals surface area contributed by atoms with Gasteiger partial charge in [-0.15, -0.1) is 0 Å². The Bertz CT molecular complexity index is 449. The van der Waals surface area contributed by atoms with E-state index >= 15 is 0 Å². The number of carboxylic acids is 1. The summed E-state index contributed by atoms with van der Waals surface area (Å²) >= 11 is 0. The molecule has 1 unspecified atom stereocenters. The van der Waals surface area contributed by atoms with Crippen molar-refractivity contribution in [2.24, 2.45) is 5.41 Å². The molecule has 0 saturated carbocycles. The topological polar surface area (TPSA) is 46.5 Å². The van der Waals surface area contributed by atoms with Crippen molar-refractivity contribution < 1.29 is 19.0 Å². The molecule has 0 fully saturated rings. The van der Waals surface area contributed by atoms with Gasteiger partial charge in [-0.1, -0.05) is 20.8 Å². The molecule has 0 heterocycles. The maximum Gasteiger partial charge on any atom is 0.303 e. The van der Waals surface area contributed by atoms with Gasteiger partial charge in [0.05, 0.1) is 13.5 Å². The first kappa shape index (κ1) is 15.5. The summed E-state index contributed by atoms with van der Waals surface area (Å²) in [6.45, 7) is 6.11. The fourth-order valence-electron chi connectivity index (χ4n) is 2.27. The third-order valence-electron chi connectivity index (χ3n) is 2.91. The molecular formula is C15H21FO3. The van der Waals surface area contributed by atoms with Gasteiger partial charge in [-0.25, -0.2) is 4.39 Å². The van der Waals surface area contributed by atoms with Crippen molar-refractivity contribution in [2.75, 3.05) is 7.11 Å². The Hall–Kier alpha value is -1.58. The molecule has 0 saturated heterocycles. The molecule has 1 rings (SSSR count). The maximum absolute atomic E-state index is 13.4. The van der Waals surface area contributed by atoms with Crippen molar-refractivity contribution in [3.8, 4) is 5.75 Å². The molecule has 0 radical (unpaired) electrons. The summed E-state index contributed by atoms with van der Waals surface area (Å²) in [5.41, 5.74) is 0.581. The largest absolute Gasteiger partial charge is 0.496 e. The van der Waals surface area contributed by atoms with E-state index in [1.54, 1.807) is 6.07 Å². The monoisotopic (exact) mass is 268 g/mol. The van der Waals surface area contributed by atoms with Gasteiger partial charge in [0.2, 0.25) is 0 Å². The van der Waals surface area contributed by atoms with Crippen LogP contribution in [0.1, 0.15) is 45.1 Å². The number of halogens is 1. The highest BCUT2D eigenvalue weighted by Gasteiger charge is 2.25. The van der Waals surface area contributed by atoms with E-state index in [1.807, 2.05) is 20.8 Å². The minimum absolute atomic E-state index is 0.0307. The first-order chi connectivity index (χ1) is 8.73. The molecule has 3 nitrogen and oxygen atoms in total. The molecule has 1 aromatic carbocycles. The van der Waals surface area contributed by atoms with Crippen LogP contribution in [0.4, 0.5) is 4.39 Å². The Balaban J connectivity index is 3.15. The second kappa shape index (κ2) is 6.04. The summed E-state index contributed by atoms with van der Waals surface area (Å²) in [7, 11) is 1.51. The fraction of sp³-hybridized carbons (Fsp3) is 0.533. The number of aliphatic carboxylic acids is 1. The lowest BCUT2D eigenvalue weighted by molar-refractivity contribution is -0.137. The average Bonchev–Trinajstić information content (AvgIpc) is 2.25. The number of hydrogen-bond donors (Lipinski definition) is 1. The minimum Gasteiger partial charge on any atom is -0.496 e. The van der Waals surface area contributed by atoms with E-state index < -0.39 is 5.97 Å². The molecule has 0 spiro atoms. The summed E-state index contributed by atoms with van der Waals surface area (Å²) in [5.74, 6) is -0.985. The van der Waals surface area contributed by atoms with E-state index in [0.29, 0.717) is 17.7 Å². The van der Waals surface area contributed by atoms with Crippen molar-refractivity contribution in [3.05, 3.63) is 29.6 Å². The van der Waals surface area contributed by atoms with Crippen molar-refractivity contribution in [1.29, 1.82) is 0 Å². The predicted octanol–water partition coefficient (Wildman–Crippen LogP) is 3.83. The van der Waals surface area contributed by atoms with E-state index in [9.17, 15) is 9.18 Å². The van der Waals surface area contributed by atoms with E-state index in [0.717, 1.165) is 0 Å². The molecule has 0 aliphatic heterocycles. The van der Waals surface area contributed by atoms with Crippen LogP contribution in [0.25, 0.3) is 0 Å². The number of hydrogen-bond acceptors (Lipinski definition) is 2. The van der Waals surface area contributed by atoms with Gasteiger partial charge in [0.15, 0.2) is 0 Å². The molecule has 106 valence electrons. The first-order valence-electron chi connectivity index (χ1n) is 6.28. The quantitative estimate of drug-likeness (QED) is 0.882. The Kier molecular flexibility index (Phi) is 4.92. The van der Waals surface area contributed by atoms with Crippen LogP contribution in [-0.4, -0.2) is 18.2 Å². The van der Waals surface area contributed by atoms with Gasteiger partial charge in [-0.3, -0.25) is 4.79 Å². The molecule has 1 atom stereocenters. The molecular weight excluding hydrogens is 247 g/mol. The van der Waals surface area contributed by atoms with Crippen molar-refractivity contribution >= 4 is 5.97 Å². The third kappa shape index (κ3) is 4.89. The van der Waals surface area contributed by atoms with Crippen molar-refractivity contribution in [1.82, 2.24) is 0 Å². The summed E-state index contributed by atoms with van der Waals surface area (Å²) < 4.78 is 18.6. The fourth-order valence-corrected chi connectivity index (χ4v) is 2.27. The Labute approximate surface area is 113 Å². The molecule has 0 amide bonds. The Morgan fingerprint density at radius 3 is 2.53 bits per heavy atom. The molecule has 1 N–H and O–H groups in total. The summed E-state index contributed by atoms with van der Waals surface area (Å²) in [6.07, 6.45) is 0.621. The molecule has 0 bridgehead atoms. The van der Waals surface area contributed by atoms with Crippen LogP contribution in [0.3, 0.4) is 0 Å². The highest BCUT2D eigenvalue weighted by Crippen LogP contribution is 2.38. The van der Waals surface area contributed by atoms with E-state index in [-0.39, 0.29) is 23.6 Å². The maximum atomic E-state index is 13.4. The zero-order valence-corrected chi connectivity index (χ0v) is 11.9. The van der Waals surface area contributed by atoms with Crippen LogP contribution in [0.5, 0.6) is 5.75 Å². The Morgan fingerprint density at radius 1 is 1.42 bits per heavy atom. The van der Waals surface area contributed by atoms with Gasteiger partial charge in [0.25, 0.3) is 0 Å². The van der Waals surface area contributed by atoms with Gasteiger partial charge in [-0.2, -0.15) is 0 Å². The second-order valence-electron chi connectivity index (χ2n) is 5.95. The van der Waals surface area contributed by atoms with Crippen LogP contribution in [-0.2, 0) is 4.79 Å². The van der Waals surface area contributed by atoms with Gasteiger partial charge in [-0.05, 0) is 36.0 Å². The van der Waals surface area contributed by atoms with Crippen LogP contribution in [0, 0.1) is 11.2 Å². The molecule has 19 heavy (non-hydrogen) atoms. The molecule has 0 aliphatic carbocycles. The summed E-state index contributed by atoms with van der Waals surface area (Å²) in [5, 5.41) is 9.04. The highest BCUT2D eigenvalue weighted by molar-refractivity contribution is 5.68. The van der Waals surface area contributed by atoms with E-state index in [4.69, 9.17) is 9.84 Å². The predicted molar refractivity (Wildman–Crippen MR) is 72.0 cm³/mol. The number of methoxy groups -OCH3 is 1. The van der Waals surface area contributed by atoms with Crippen LogP contribution in [0.15, 0.2) is 18.2 Å². The van der Waals surface area contributed by atoms with Crippen LogP contribution >= 0.6 is 0 Å². The lowest BCUT2D eigenvalue weighted by atomic mass is 9.79. The standard InChI is InChI=1S/C15H21FO3/c1-15(2,3)9-10(7-14(17)18)12-8-11(16)5-6-13(12)19-4/h5-6,8,10H,7,9H2,1-4H3,(H,17,18). The first-order valence-corrected chi connectivity index (χ1v) is 6.28. The van der Waals surface area contributed by atoms with Crippen LogP contribution < -0.4 is 4.74 Å². The minimum atomic E-state index is -0.888. The van der Waals surface area contributed by atoms with Crippen molar-refractivity contribution in [2.45, 2.75) is 39.5 Å². The lowest BCUT2D eigenvalue weighted by Gasteiger charge is -2.26. The van der Waals surface area contributed by atoms with Gasteiger partial charge >= 0.3 is 5.97 Å². The number of benzene rings is 1. The number of carboxylic acid groups (broad SMARTS) is 1. The number of ether oxygens (including phenoxy) is 1. The normalized spacial score (nSPS) is 13.1. The Morgan fingerprint density at radius 2 is 2.05 bits per heavy atom. The lowest BCUT2D eigenvalue weighted by Crippen LogP contribution is -2.16. The summed E-state index contributed by atoms with van der Waals surface area (Å²) in [6, 6.07) is 4.23. The SMILES string of the molecule is COc1ccc(F)cc1C(CC(=O)O)CC(C)(C)C. The molecule has 1 aromatic rings. The average molecular weight is 268 g/mol. The van der Waals surface area contributed by atoms with E-state index in [2.05, 4.69) is 0 Å². The number of carbonyl (C=O) groups is 1. The van der Waals surface area contributed by atoms with Crippen LogP contribution in [0.2, 0.25) is 0 Å². The smallest absolute Gasteiger partial charge is 0.303 e. The van der Waals surface area contributed by atoms with Gasteiger partial charge < -0.3 is 9.84 Å². The third-order valence-corrected chi connectivity index (χ3v) is 2.91. The molecule has 0 aromatic heterocycles. The molecule has 0 aliphatic rings. The second-order valence-corrected chi connectivity index (χ2v) is 5.95. The van der Waals surface area contributed by atoms with E-state index in [1.165, 1.54) is 19.2 Å².